The predicted molar refractivity (Wildman–Crippen MR) is 209 cm³/mol. The summed E-state index contributed by atoms with van der Waals surface area (Å²) in [6.07, 6.45) is -1.89. The van der Waals surface area contributed by atoms with E-state index in [0.717, 1.165) is 53.9 Å². The van der Waals surface area contributed by atoms with Gasteiger partial charge in [-0.15, -0.1) is 22.7 Å². The normalized spacial score (nSPS) is 13.9. The van der Waals surface area contributed by atoms with Gasteiger partial charge in [0.05, 0.1) is 0 Å². The summed E-state index contributed by atoms with van der Waals surface area (Å²) in [5.74, 6) is -0.681. The van der Waals surface area contributed by atoms with Crippen molar-refractivity contribution in [3.63, 3.8) is 0 Å². The lowest BCUT2D eigenvalue weighted by molar-refractivity contribution is -0.185. The van der Waals surface area contributed by atoms with E-state index in [1.54, 1.807) is 60.7 Å². The van der Waals surface area contributed by atoms with Gasteiger partial charge in [0.2, 0.25) is 0 Å². The molecule has 0 fully saturated rings. The molecule has 2 aromatic heterocycles. The number of hydrogen-bond donors (Lipinski definition) is 0. The molecule has 0 aliphatic heterocycles. The zero-order valence-corrected chi connectivity index (χ0v) is 31.9. The molecule has 0 spiro atoms. The maximum absolute atomic E-state index is 13.4. The number of ether oxygens (including phenoxy) is 4. The summed E-state index contributed by atoms with van der Waals surface area (Å²) in [4.78, 5) is 32.3. The molecule has 0 bridgehead atoms. The molecule has 0 N–H and O–H groups in total. The first-order valence-corrected chi connectivity index (χ1v) is 19.0. The third-order valence-corrected chi connectivity index (χ3v) is 11.0. The van der Waals surface area contributed by atoms with E-state index >= 15 is 0 Å². The Morgan fingerprint density at radius 1 is 0.538 bits per heavy atom. The van der Waals surface area contributed by atoms with Crippen LogP contribution in [0.1, 0.15) is 45.9 Å². The van der Waals surface area contributed by atoms with Crippen LogP contribution in [-0.2, 0) is 19.1 Å². The molecule has 0 aliphatic rings. The van der Waals surface area contributed by atoms with E-state index in [2.05, 4.69) is 26.0 Å². The lowest BCUT2D eigenvalue weighted by atomic mass is 10.0. The SMILES string of the molecule is Cc1ccc(OC(CC(OC(=O)C(=O)OC(CC(Oc2ccc(C)c3ccccc23)c2cccs2)N(C)C)N(C)C)c2cccs2)c2ccccc12. The second kappa shape index (κ2) is 16.7. The number of carbonyl (C=O) groups is 2. The fourth-order valence-electron chi connectivity index (χ4n) is 6.19. The zero-order valence-electron chi connectivity index (χ0n) is 30.3. The van der Waals surface area contributed by atoms with E-state index in [0.29, 0.717) is 0 Å². The second-order valence-electron chi connectivity index (χ2n) is 13.2. The van der Waals surface area contributed by atoms with Crippen molar-refractivity contribution in [1.82, 2.24) is 9.80 Å². The van der Waals surface area contributed by atoms with Gasteiger partial charge in [-0.2, -0.15) is 0 Å². The Morgan fingerprint density at radius 3 is 1.27 bits per heavy atom. The van der Waals surface area contributed by atoms with E-state index < -0.39 is 36.6 Å². The first-order valence-electron chi connectivity index (χ1n) is 17.2. The fourth-order valence-corrected chi connectivity index (χ4v) is 7.72. The molecule has 4 atom stereocenters. The minimum Gasteiger partial charge on any atom is -0.484 e. The molecule has 8 nitrogen and oxygen atoms in total. The summed E-state index contributed by atoms with van der Waals surface area (Å²) in [6, 6.07) is 32.2. The molecular formula is C42H44N2O6S2. The van der Waals surface area contributed by atoms with Crippen LogP contribution in [0.5, 0.6) is 11.5 Å². The highest BCUT2D eigenvalue weighted by Gasteiger charge is 2.32. The number of hydrogen-bond acceptors (Lipinski definition) is 10. The van der Waals surface area contributed by atoms with E-state index in [9.17, 15) is 9.59 Å². The Kier molecular flexibility index (Phi) is 11.9. The molecule has 0 amide bonds. The van der Waals surface area contributed by atoms with Crippen LogP contribution in [0.4, 0.5) is 0 Å². The van der Waals surface area contributed by atoms with E-state index in [1.165, 1.54) is 0 Å². The van der Waals surface area contributed by atoms with E-state index in [4.69, 9.17) is 18.9 Å². The fraction of sp³-hybridized carbons (Fsp3) is 0.286. The van der Waals surface area contributed by atoms with Gasteiger partial charge in [-0.25, -0.2) is 9.59 Å². The molecule has 270 valence electrons. The number of rotatable bonds is 14. The van der Waals surface area contributed by atoms with Crippen molar-refractivity contribution >= 4 is 56.2 Å². The molecule has 10 heteroatoms. The van der Waals surface area contributed by atoms with Gasteiger partial charge in [0.25, 0.3) is 0 Å². The summed E-state index contributed by atoms with van der Waals surface area (Å²) in [7, 11) is 7.21. The zero-order chi connectivity index (χ0) is 36.8. The maximum Gasteiger partial charge on any atom is 0.419 e. The first-order chi connectivity index (χ1) is 25.1. The predicted octanol–water partition coefficient (Wildman–Crippen LogP) is 9.32. The average Bonchev–Trinajstić information content (AvgIpc) is 3.88. The molecular weight excluding hydrogens is 693 g/mol. The van der Waals surface area contributed by atoms with Crippen LogP contribution >= 0.6 is 22.7 Å². The Bertz CT molecular complexity index is 1960. The van der Waals surface area contributed by atoms with Crippen LogP contribution < -0.4 is 9.47 Å². The highest BCUT2D eigenvalue weighted by Crippen LogP contribution is 2.37. The van der Waals surface area contributed by atoms with Gasteiger partial charge in [0.1, 0.15) is 23.7 Å². The number of nitrogens with zero attached hydrogens (tertiary/aromatic N) is 2. The van der Waals surface area contributed by atoms with Crippen LogP contribution in [0, 0.1) is 13.8 Å². The van der Waals surface area contributed by atoms with Gasteiger partial charge in [-0.05, 0) is 99.0 Å². The molecule has 6 aromatic rings. The quantitative estimate of drug-likeness (QED) is 0.0623. The monoisotopic (exact) mass is 736 g/mol. The topological polar surface area (TPSA) is 77.5 Å². The Morgan fingerprint density at radius 2 is 0.923 bits per heavy atom. The lowest BCUT2D eigenvalue weighted by Gasteiger charge is -2.30. The Balaban J connectivity index is 1.17. The third-order valence-electron chi connectivity index (χ3n) is 9.10. The van der Waals surface area contributed by atoms with Gasteiger partial charge >= 0.3 is 11.9 Å². The summed E-state index contributed by atoms with van der Waals surface area (Å²) >= 11 is 3.13. The van der Waals surface area contributed by atoms with Crippen molar-refractivity contribution in [2.24, 2.45) is 0 Å². The summed E-state index contributed by atoms with van der Waals surface area (Å²) < 4.78 is 25.0. The van der Waals surface area contributed by atoms with E-state index in [-0.39, 0.29) is 12.8 Å². The van der Waals surface area contributed by atoms with E-state index in [1.807, 2.05) is 95.7 Å². The highest BCUT2D eigenvalue weighted by molar-refractivity contribution is 7.10. The number of esters is 2. The van der Waals surface area contributed by atoms with Crippen LogP contribution in [0.25, 0.3) is 21.5 Å². The number of aryl methyl sites for hydroxylation is 2. The van der Waals surface area contributed by atoms with Crippen LogP contribution in [-0.4, -0.2) is 62.4 Å². The Hall–Kier alpha value is -4.74. The molecule has 4 unspecified atom stereocenters. The highest BCUT2D eigenvalue weighted by atomic mass is 32.1. The standard InChI is InChI=1S/C42H44N2O6S2/c1-27-19-21-33(31-15-9-7-13-29(27)31)47-35(37-17-11-23-51-37)25-39(43(3)4)49-41(45)42(46)50-40(44(5)6)26-36(38-18-12-24-52-38)48-34-22-20-28(2)30-14-8-10-16-32(30)34/h7-24,35-36,39-40H,25-26H2,1-6H3. The molecule has 0 radical (unpaired) electrons. The number of fused-ring (bicyclic) bond motifs is 2. The van der Waals surface area contributed by atoms with Crippen molar-refractivity contribution in [3.8, 4) is 11.5 Å². The molecule has 0 saturated heterocycles. The smallest absolute Gasteiger partial charge is 0.419 e. The van der Waals surface area contributed by atoms with Gasteiger partial charge in [-0.1, -0.05) is 72.8 Å². The number of benzene rings is 4. The van der Waals surface area contributed by atoms with Gasteiger partial charge in [0.15, 0.2) is 12.5 Å². The van der Waals surface area contributed by atoms with Crippen molar-refractivity contribution in [2.45, 2.75) is 51.4 Å². The lowest BCUT2D eigenvalue weighted by Crippen LogP contribution is -2.41. The van der Waals surface area contributed by atoms with Gasteiger partial charge in [0, 0.05) is 33.4 Å². The molecule has 6 rings (SSSR count). The third kappa shape index (κ3) is 8.65. The van der Waals surface area contributed by atoms with Gasteiger partial charge < -0.3 is 18.9 Å². The minimum absolute atomic E-state index is 0.282. The number of carbonyl (C=O) groups excluding carboxylic acids is 2. The van der Waals surface area contributed by atoms with Crippen molar-refractivity contribution in [3.05, 3.63) is 129 Å². The summed E-state index contributed by atoms with van der Waals surface area (Å²) in [6.45, 7) is 4.15. The number of thiophene rings is 2. The van der Waals surface area contributed by atoms with Crippen LogP contribution in [0.15, 0.2) is 108 Å². The van der Waals surface area contributed by atoms with Crippen molar-refractivity contribution < 1.29 is 28.5 Å². The summed E-state index contributed by atoms with van der Waals surface area (Å²) in [5, 5.41) is 8.20. The van der Waals surface area contributed by atoms with Crippen molar-refractivity contribution in [1.29, 1.82) is 0 Å². The molecule has 2 heterocycles. The minimum atomic E-state index is -1.07. The first kappa shape index (κ1) is 37.0. The largest absolute Gasteiger partial charge is 0.484 e. The van der Waals surface area contributed by atoms with Crippen LogP contribution in [0.3, 0.4) is 0 Å². The van der Waals surface area contributed by atoms with Crippen molar-refractivity contribution in [2.75, 3.05) is 28.2 Å². The second-order valence-corrected chi connectivity index (χ2v) is 15.2. The molecule has 4 aromatic carbocycles. The Labute approximate surface area is 313 Å². The van der Waals surface area contributed by atoms with Gasteiger partial charge in [-0.3, -0.25) is 9.80 Å². The molecule has 0 saturated carbocycles. The summed E-state index contributed by atoms with van der Waals surface area (Å²) in [5.41, 5.74) is 2.31. The molecule has 0 aliphatic carbocycles. The van der Waals surface area contributed by atoms with Crippen LogP contribution in [0.2, 0.25) is 0 Å². The average molecular weight is 737 g/mol. The molecule has 52 heavy (non-hydrogen) atoms. The maximum atomic E-state index is 13.4.